The molecule has 0 fully saturated rings. The molecule has 4 aromatic rings. The number of aromatic nitrogens is 5. The van der Waals surface area contributed by atoms with E-state index < -0.39 is 0 Å². The monoisotopic (exact) mass is 374 g/mol. The second-order valence-electron chi connectivity index (χ2n) is 6.54. The quantitative estimate of drug-likeness (QED) is 0.562. The first-order valence-electron chi connectivity index (χ1n) is 9.40. The molecule has 0 aliphatic carbocycles. The molecule has 28 heavy (non-hydrogen) atoms. The Kier molecular flexibility index (Phi) is 4.89. The van der Waals surface area contributed by atoms with Gasteiger partial charge in [0.2, 0.25) is 0 Å². The van der Waals surface area contributed by atoms with Gasteiger partial charge in [-0.2, -0.15) is 10.2 Å². The molecule has 0 aliphatic heterocycles. The topological polar surface area (TPSA) is 77.6 Å². The second kappa shape index (κ2) is 7.64. The lowest BCUT2D eigenvalue weighted by Gasteiger charge is -2.09. The summed E-state index contributed by atoms with van der Waals surface area (Å²) in [6.07, 6.45) is 7.44. The molecule has 1 aromatic carbocycles. The van der Waals surface area contributed by atoms with Crippen molar-refractivity contribution in [3.05, 3.63) is 66.2 Å². The van der Waals surface area contributed by atoms with E-state index in [0.29, 0.717) is 12.1 Å². The molecule has 7 nitrogen and oxygen atoms in total. The van der Waals surface area contributed by atoms with Gasteiger partial charge in [0.05, 0.1) is 29.2 Å². The Morgan fingerprint density at radius 2 is 1.79 bits per heavy atom. The van der Waals surface area contributed by atoms with Gasteiger partial charge in [0.15, 0.2) is 0 Å². The molecule has 0 saturated heterocycles. The lowest BCUT2D eigenvalue weighted by atomic mass is 10.0. The first-order chi connectivity index (χ1) is 13.7. The summed E-state index contributed by atoms with van der Waals surface area (Å²) in [7, 11) is 0. The minimum atomic E-state index is -0.132. The van der Waals surface area contributed by atoms with Gasteiger partial charge in [-0.05, 0) is 26.0 Å². The predicted octanol–water partition coefficient (Wildman–Crippen LogP) is 3.26. The van der Waals surface area contributed by atoms with Gasteiger partial charge in [0, 0.05) is 48.5 Å². The molecule has 0 bridgehead atoms. The number of aryl methyl sites for hydroxylation is 2. The zero-order valence-corrected chi connectivity index (χ0v) is 16.0. The fourth-order valence-electron chi connectivity index (χ4n) is 3.13. The Balaban J connectivity index is 1.66. The number of hydrogen-bond acceptors (Lipinski definition) is 4. The molecule has 1 N–H and O–H groups in total. The number of rotatable bonds is 6. The average molecular weight is 374 g/mol. The van der Waals surface area contributed by atoms with Gasteiger partial charge in [-0.3, -0.25) is 14.2 Å². The summed E-state index contributed by atoms with van der Waals surface area (Å²) >= 11 is 0. The summed E-state index contributed by atoms with van der Waals surface area (Å²) in [6, 6.07) is 9.52. The lowest BCUT2D eigenvalue weighted by Crippen LogP contribution is -2.23. The number of fused-ring (bicyclic) bond motifs is 1. The zero-order valence-electron chi connectivity index (χ0n) is 16.0. The van der Waals surface area contributed by atoms with E-state index in [-0.39, 0.29) is 5.91 Å². The first-order valence-corrected chi connectivity index (χ1v) is 9.40. The highest BCUT2D eigenvalue weighted by atomic mass is 16.1. The number of nitrogens with zero attached hydrogens (tertiary/aromatic N) is 5. The van der Waals surface area contributed by atoms with Gasteiger partial charge >= 0.3 is 0 Å². The van der Waals surface area contributed by atoms with Gasteiger partial charge in [-0.25, -0.2) is 4.98 Å². The Morgan fingerprint density at radius 3 is 2.54 bits per heavy atom. The summed E-state index contributed by atoms with van der Waals surface area (Å²) in [6.45, 7) is 6.08. The van der Waals surface area contributed by atoms with Crippen molar-refractivity contribution >= 4 is 16.8 Å². The minimum absolute atomic E-state index is 0.132. The second-order valence-corrected chi connectivity index (χ2v) is 6.54. The fraction of sp³-hybridized carbons (Fsp3) is 0.238. The van der Waals surface area contributed by atoms with Crippen LogP contribution in [0.2, 0.25) is 0 Å². The lowest BCUT2D eigenvalue weighted by molar-refractivity contribution is 0.0952. The van der Waals surface area contributed by atoms with Crippen molar-refractivity contribution in [2.45, 2.75) is 33.5 Å². The number of nitrogens with one attached hydrogen (secondary N) is 1. The van der Waals surface area contributed by atoms with Crippen LogP contribution in [0.25, 0.3) is 22.2 Å². The molecule has 0 unspecified atom stereocenters. The molecular formula is C21H22N6O. The fourth-order valence-corrected chi connectivity index (χ4v) is 3.13. The zero-order chi connectivity index (χ0) is 19.5. The van der Waals surface area contributed by atoms with E-state index in [1.807, 2.05) is 65.9 Å². The van der Waals surface area contributed by atoms with Crippen LogP contribution in [0.5, 0.6) is 0 Å². The Labute approximate surface area is 163 Å². The van der Waals surface area contributed by atoms with Crippen LogP contribution in [0, 0.1) is 0 Å². The number of hydrogen-bond donors (Lipinski definition) is 1. The number of amides is 1. The highest BCUT2D eigenvalue weighted by Gasteiger charge is 2.15. The molecule has 0 aliphatic rings. The first kappa shape index (κ1) is 17.9. The van der Waals surface area contributed by atoms with Crippen LogP contribution in [0.4, 0.5) is 0 Å². The van der Waals surface area contributed by atoms with Gasteiger partial charge in [-0.15, -0.1) is 0 Å². The van der Waals surface area contributed by atoms with E-state index in [0.717, 1.165) is 40.8 Å². The molecule has 1 amide bonds. The summed E-state index contributed by atoms with van der Waals surface area (Å²) < 4.78 is 3.68. The van der Waals surface area contributed by atoms with Gasteiger partial charge in [0.1, 0.15) is 0 Å². The number of para-hydroxylation sites is 1. The average Bonchev–Trinajstić information content (AvgIpc) is 3.40. The molecule has 3 heterocycles. The van der Waals surface area contributed by atoms with Crippen molar-refractivity contribution in [3.8, 4) is 11.3 Å². The van der Waals surface area contributed by atoms with Crippen LogP contribution in [-0.4, -0.2) is 30.5 Å². The maximum atomic E-state index is 13.0. The van der Waals surface area contributed by atoms with Crippen molar-refractivity contribution in [2.75, 3.05) is 0 Å². The van der Waals surface area contributed by atoms with Gasteiger partial charge in [0.25, 0.3) is 5.91 Å². The predicted molar refractivity (Wildman–Crippen MR) is 108 cm³/mol. The van der Waals surface area contributed by atoms with Crippen LogP contribution >= 0.6 is 0 Å². The van der Waals surface area contributed by atoms with Crippen LogP contribution in [0.15, 0.2) is 55.1 Å². The summed E-state index contributed by atoms with van der Waals surface area (Å²) in [5, 5.41) is 12.4. The van der Waals surface area contributed by atoms with Crippen molar-refractivity contribution < 1.29 is 4.79 Å². The van der Waals surface area contributed by atoms with Crippen LogP contribution < -0.4 is 5.32 Å². The number of carbonyl (C=O) groups excluding carboxylic acids is 1. The minimum Gasteiger partial charge on any atom is -0.348 e. The molecule has 3 aromatic heterocycles. The Hall–Kier alpha value is -3.48. The van der Waals surface area contributed by atoms with E-state index >= 15 is 0 Å². The largest absolute Gasteiger partial charge is 0.348 e. The van der Waals surface area contributed by atoms with Gasteiger partial charge < -0.3 is 5.32 Å². The third kappa shape index (κ3) is 3.51. The normalized spacial score (nSPS) is 11.1. The third-order valence-corrected chi connectivity index (χ3v) is 4.68. The highest BCUT2D eigenvalue weighted by molar-refractivity contribution is 6.07. The summed E-state index contributed by atoms with van der Waals surface area (Å²) in [5.41, 5.74) is 3.99. The molecule has 0 spiro atoms. The van der Waals surface area contributed by atoms with Crippen LogP contribution in [0.1, 0.15) is 29.8 Å². The Morgan fingerprint density at radius 1 is 1.04 bits per heavy atom. The number of benzene rings is 1. The van der Waals surface area contributed by atoms with Gasteiger partial charge in [-0.1, -0.05) is 18.2 Å². The van der Waals surface area contributed by atoms with E-state index in [1.165, 1.54) is 0 Å². The molecule has 0 saturated carbocycles. The van der Waals surface area contributed by atoms with Crippen molar-refractivity contribution in [2.24, 2.45) is 0 Å². The van der Waals surface area contributed by atoms with Crippen molar-refractivity contribution in [1.29, 1.82) is 0 Å². The Bertz CT molecular complexity index is 1130. The molecule has 0 atom stereocenters. The highest BCUT2D eigenvalue weighted by Crippen LogP contribution is 2.24. The van der Waals surface area contributed by atoms with E-state index in [9.17, 15) is 4.79 Å². The van der Waals surface area contributed by atoms with E-state index in [1.54, 1.807) is 12.4 Å². The number of pyridine rings is 1. The third-order valence-electron chi connectivity index (χ3n) is 4.68. The molecule has 4 rings (SSSR count). The van der Waals surface area contributed by atoms with Crippen LogP contribution in [-0.2, 0) is 19.6 Å². The SMILES string of the molecule is CCn1cc(CNC(=O)c2cc(-c3cnn(CC)c3)nc3ccccc23)cn1. The maximum Gasteiger partial charge on any atom is 0.252 e. The summed E-state index contributed by atoms with van der Waals surface area (Å²) in [5.74, 6) is -0.132. The van der Waals surface area contributed by atoms with Crippen LogP contribution in [0.3, 0.4) is 0 Å². The number of carbonyl (C=O) groups is 1. The van der Waals surface area contributed by atoms with E-state index in [4.69, 9.17) is 4.98 Å². The molecular weight excluding hydrogens is 352 g/mol. The maximum absolute atomic E-state index is 13.0. The molecule has 142 valence electrons. The smallest absolute Gasteiger partial charge is 0.252 e. The molecule has 7 heteroatoms. The standard InChI is InChI=1S/C21H22N6O/c1-3-26-13-15(11-23-26)10-22-21(28)18-9-20(16-12-24-27(4-2)14-16)25-19-8-6-5-7-17(18)19/h5-9,11-14H,3-4,10H2,1-2H3,(H,22,28). The van der Waals surface area contributed by atoms with Crippen molar-refractivity contribution in [1.82, 2.24) is 29.9 Å². The molecule has 0 radical (unpaired) electrons. The van der Waals surface area contributed by atoms with E-state index in [2.05, 4.69) is 15.5 Å². The summed E-state index contributed by atoms with van der Waals surface area (Å²) in [4.78, 5) is 17.7. The van der Waals surface area contributed by atoms with Crippen molar-refractivity contribution in [3.63, 3.8) is 0 Å².